The Morgan fingerprint density at radius 2 is 2.04 bits per heavy atom. The van der Waals surface area contributed by atoms with E-state index in [1.807, 2.05) is 6.07 Å². The summed E-state index contributed by atoms with van der Waals surface area (Å²) in [5, 5.41) is 0. The standard InChI is InChI=1S/C22H30N2O/c23-21(25)17-8-7-16-13-20-18-6-1-2-9-22(18,19(16)12-17)10-11-24(20)14-15-4-3-5-15/h7-8,12,15,18,20H,1-6,9-11,13-14H2,(H2,23,25)/t18?,20?,22-/m1/s1. The predicted octanol–water partition coefficient (Wildman–Crippen LogP) is 3.64. The Morgan fingerprint density at radius 1 is 1.16 bits per heavy atom. The maximum Gasteiger partial charge on any atom is 0.248 e. The lowest BCUT2D eigenvalue weighted by atomic mass is 9.52. The van der Waals surface area contributed by atoms with Crippen molar-refractivity contribution >= 4 is 5.91 Å². The van der Waals surface area contributed by atoms with Crippen molar-refractivity contribution in [3.63, 3.8) is 0 Å². The summed E-state index contributed by atoms with van der Waals surface area (Å²) in [6.07, 6.45) is 12.2. The van der Waals surface area contributed by atoms with Gasteiger partial charge >= 0.3 is 0 Å². The monoisotopic (exact) mass is 338 g/mol. The van der Waals surface area contributed by atoms with Crippen molar-refractivity contribution in [1.82, 2.24) is 4.90 Å². The number of nitrogens with zero attached hydrogens (tertiary/aromatic N) is 1. The number of hydrogen-bond donors (Lipinski definition) is 1. The second-order valence-corrected chi connectivity index (χ2v) is 9.06. The number of nitrogens with two attached hydrogens (primary N) is 1. The van der Waals surface area contributed by atoms with Crippen molar-refractivity contribution in [1.29, 1.82) is 0 Å². The number of carbonyl (C=O) groups is 1. The van der Waals surface area contributed by atoms with Crippen molar-refractivity contribution in [2.45, 2.75) is 69.2 Å². The van der Waals surface area contributed by atoms with Crippen LogP contribution in [0.3, 0.4) is 0 Å². The van der Waals surface area contributed by atoms with Crippen LogP contribution in [-0.2, 0) is 11.8 Å². The molecule has 1 amide bonds. The Bertz CT molecular complexity index is 695. The summed E-state index contributed by atoms with van der Waals surface area (Å²) < 4.78 is 0. The summed E-state index contributed by atoms with van der Waals surface area (Å²) in [6, 6.07) is 7.05. The van der Waals surface area contributed by atoms with Gasteiger partial charge in [-0.25, -0.2) is 0 Å². The molecule has 0 radical (unpaired) electrons. The van der Waals surface area contributed by atoms with Gasteiger partial charge in [0.25, 0.3) is 0 Å². The highest BCUT2D eigenvalue weighted by molar-refractivity contribution is 5.93. The molecule has 3 fully saturated rings. The van der Waals surface area contributed by atoms with Gasteiger partial charge in [-0.05, 0) is 80.2 Å². The molecule has 3 heteroatoms. The molecule has 134 valence electrons. The van der Waals surface area contributed by atoms with E-state index >= 15 is 0 Å². The lowest BCUT2D eigenvalue weighted by Gasteiger charge is -2.59. The number of benzene rings is 1. The Labute approximate surface area is 151 Å². The third-order valence-corrected chi connectivity index (χ3v) is 7.95. The molecule has 0 spiro atoms. The molecule has 25 heavy (non-hydrogen) atoms. The van der Waals surface area contributed by atoms with Crippen LogP contribution in [0.1, 0.15) is 72.9 Å². The fourth-order valence-corrected chi connectivity index (χ4v) is 6.47. The first kappa shape index (κ1) is 15.9. The molecule has 2 bridgehead atoms. The maximum absolute atomic E-state index is 11.7. The Hall–Kier alpha value is -1.35. The minimum Gasteiger partial charge on any atom is -0.366 e. The smallest absolute Gasteiger partial charge is 0.248 e. The van der Waals surface area contributed by atoms with Crippen LogP contribution in [0.5, 0.6) is 0 Å². The summed E-state index contributed by atoms with van der Waals surface area (Å²) in [5.74, 6) is 1.46. The number of amides is 1. The molecule has 1 aliphatic heterocycles. The molecule has 2 N–H and O–H groups in total. The zero-order chi connectivity index (χ0) is 17.0. The minimum absolute atomic E-state index is 0.281. The molecule has 1 aromatic rings. The fourth-order valence-electron chi connectivity index (χ4n) is 6.47. The average molecular weight is 338 g/mol. The van der Waals surface area contributed by atoms with Crippen LogP contribution in [0, 0.1) is 11.8 Å². The Morgan fingerprint density at radius 3 is 2.80 bits per heavy atom. The van der Waals surface area contributed by atoms with Crippen molar-refractivity contribution in [3.8, 4) is 0 Å². The van der Waals surface area contributed by atoms with Gasteiger partial charge in [-0.15, -0.1) is 0 Å². The van der Waals surface area contributed by atoms with Crippen LogP contribution >= 0.6 is 0 Å². The molecule has 5 rings (SSSR count). The summed E-state index contributed by atoms with van der Waals surface area (Å²) in [4.78, 5) is 14.6. The second-order valence-electron chi connectivity index (χ2n) is 9.06. The van der Waals surface area contributed by atoms with Gasteiger partial charge in [0.15, 0.2) is 0 Å². The highest BCUT2D eigenvalue weighted by Gasteiger charge is 2.53. The van der Waals surface area contributed by atoms with Crippen LogP contribution in [0.2, 0.25) is 0 Å². The van der Waals surface area contributed by atoms with E-state index in [0.29, 0.717) is 11.0 Å². The van der Waals surface area contributed by atoms with E-state index in [2.05, 4.69) is 17.0 Å². The molecule has 2 saturated carbocycles. The minimum atomic E-state index is -0.281. The van der Waals surface area contributed by atoms with E-state index in [1.165, 1.54) is 82.0 Å². The van der Waals surface area contributed by atoms with Gasteiger partial charge in [0, 0.05) is 23.6 Å². The molecule has 4 aliphatic rings. The third kappa shape index (κ3) is 2.38. The molecule has 2 unspecified atom stereocenters. The topological polar surface area (TPSA) is 46.3 Å². The summed E-state index contributed by atoms with van der Waals surface area (Å²) in [6.45, 7) is 2.57. The molecule has 0 aromatic heterocycles. The van der Waals surface area contributed by atoms with Gasteiger partial charge in [0.05, 0.1) is 0 Å². The van der Waals surface area contributed by atoms with E-state index in [1.54, 1.807) is 0 Å². The number of primary amides is 1. The quantitative estimate of drug-likeness (QED) is 0.914. The molecular formula is C22H30N2O. The van der Waals surface area contributed by atoms with E-state index in [4.69, 9.17) is 5.73 Å². The molecule has 3 aliphatic carbocycles. The van der Waals surface area contributed by atoms with Gasteiger partial charge in [-0.1, -0.05) is 25.3 Å². The van der Waals surface area contributed by atoms with Gasteiger partial charge in [0.2, 0.25) is 5.91 Å². The first-order valence-electron chi connectivity index (χ1n) is 10.3. The van der Waals surface area contributed by atoms with Crippen LogP contribution in [0.15, 0.2) is 18.2 Å². The molecular weight excluding hydrogens is 308 g/mol. The number of rotatable bonds is 3. The van der Waals surface area contributed by atoms with E-state index in [0.717, 1.165) is 17.9 Å². The Kier molecular flexibility index (Phi) is 3.70. The number of likely N-dealkylation sites (tertiary alicyclic amines) is 1. The van der Waals surface area contributed by atoms with Gasteiger partial charge < -0.3 is 5.73 Å². The number of fused-ring (bicyclic) bond motifs is 1. The summed E-state index contributed by atoms with van der Waals surface area (Å²) >= 11 is 0. The fraction of sp³-hybridized carbons (Fsp3) is 0.682. The predicted molar refractivity (Wildman–Crippen MR) is 99.6 cm³/mol. The van der Waals surface area contributed by atoms with Crippen LogP contribution in [-0.4, -0.2) is 29.9 Å². The highest BCUT2D eigenvalue weighted by atomic mass is 16.1. The molecule has 1 heterocycles. The molecule has 1 saturated heterocycles. The third-order valence-electron chi connectivity index (χ3n) is 7.95. The van der Waals surface area contributed by atoms with E-state index in [-0.39, 0.29) is 5.91 Å². The zero-order valence-corrected chi connectivity index (χ0v) is 15.2. The highest BCUT2D eigenvalue weighted by Crippen LogP contribution is 2.56. The van der Waals surface area contributed by atoms with Crippen LogP contribution < -0.4 is 5.73 Å². The second kappa shape index (κ2) is 5.84. The summed E-state index contributed by atoms with van der Waals surface area (Å²) in [7, 11) is 0. The average Bonchev–Trinajstić information content (AvgIpc) is 2.59. The van der Waals surface area contributed by atoms with Crippen molar-refractivity contribution in [2.75, 3.05) is 13.1 Å². The van der Waals surface area contributed by atoms with E-state index in [9.17, 15) is 4.79 Å². The van der Waals surface area contributed by atoms with Gasteiger partial charge in [0.1, 0.15) is 0 Å². The molecule has 3 nitrogen and oxygen atoms in total. The normalized spacial score (nSPS) is 34.7. The molecule has 3 atom stereocenters. The number of carbonyl (C=O) groups excluding carboxylic acids is 1. The maximum atomic E-state index is 11.7. The largest absolute Gasteiger partial charge is 0.366 e. The van der Waals surface area contributed by atoms with Gasteiger partial charge in [-0.3, -0.25) is 9.69 Å². The first-order valence-corrected chi connectivity index (χ1v) is 10.3. The van der Waals surface area contributed by atoms with Crippen LogP contribution in [0.25, 0.3) is 0 Å². The van der Waals surface area contributed by atoms with Crippen molar-refractivity contribution in [2.24, 2.45) is 17.6 Å². The number of hydrogen-bond acceptors (Lipinski definition) is 2. The lowest BCUT2D eigenvalue weighted by Crippen LogP contribution is -2.61. The summed E-state index contributed by atoms with van der Waals surface area (Å²) in [5.41, 5.74) is 9.58. The Balaban J connectivity index is 1.54. The first-order chi connectivity index (χ1) is 12.2. The van der Waals surface area contributed by atoms with Crippen molar-refractivity contribution in [3.05, 3.63) is 34.9 Å². The molecule has 1 aromatic carbocycles. The van der Waals surface area contributed by atoms with Gasteiger partial charge in [-0.2, -0.15) is 0 Å². The van der Waals surface area contributed by atoms with Crippen molar-refractivity contribution < 1.29 is 4.79 Å². The SMILES string of the molecule is NC(=O)c1ccc2c(c1)[C@@]13CCCCC1C(C2)N(CC1CCC1)CC3. The van der Waals surface area contributed by atoms with E-state index < -0.39 is 0 Å². The van der Waals surface area contributed by atoms with Crippen LogP contribution in [0.4, 0.5) is 0 Å². The zero-order valence-electron chi connectivity index (χ0n) is 15.2. The lowest BCUT2D eigenvalue weighted by molar-refractivity contribution is -0.0240. The number of piperidine rings is 1.